The number of H-pyrrole nitrogens is 1. The molecule has 19 heavy (non-hydrogen) atoms. The molecule has 3 nitrogen and oxygen atoms in total. The molecule has 0 aliphatic carbocycles. The summed E-state index contributed by atoms with van der Waals surface area (Å²) in [5.74, 6) is -1.27. The summed E-state index contributed by atoms with van der Waals surface area (Å²) in [5, 5.41) is 0. The van der Waals surface area contributed by atoms with Gasteiger partial charge in [-0.1, -0.05) is 18.2 Å². The fraction of sp³-hybridized carbons (Fsp3) is 0.0714. The summed E-state index contributed by atoms with van der Waals surface area (Å²) in [6.07, 6.45) is 0.447. The van der Waals surface area contributed by atoms with Gasteiger partial charge >= 0.3 is 0 Å². The topological polar surface area (TPSA) is 54.7 Å². The van der Waals surface area contributed by atoms with Crippen molar-refractivity contribution in [2.75, 3.05) is 5.73 Å². The number of fused-ring (bicyclic) bond motifs is 1. The van der Waals surface area contributed by atoms with Crippen LogP contribution in [0.3, 0.4) is 0 Å². The van der Waals surface area contributed by atoms with E-state index in [4.69, 9.17) is 5.73 Å². The fourth-order valence-electron chi connectivity index (χ4n) is 2.03. The smallest absolute Gasteiger partial charge is 0.186 e. The number of nitrogens with one attached hydrogen (secondary N) is 1. The van der Waals surface area contributed by atoms with Crippen LogP contribution in [0.15, 0.2) is 36.4 Å². The minimum atomic E-state index is -0.930. The minimum absolute atomic E-state index is 0.0181. The van der Waals surface area contributed by atoms with Crippen LogP contribution in [-0.2, 0) is 6.42 Å². The molecule has 0 aliphatic heterocycles. The van der Waals surface area contributed by atoms with Crippen LogP contribution in [-0.4, -0.2) is 9.97 Å². The number of aromatic nitrogens is 2. The zero-order chi connectivity index (χ0) is 13.4. The molecule has 0 unspecified atom stereocenters. The number of benzene rings is 2. The van der Waals surface area contributed by atoms with E-state index < -0.39 is 11.6 Å². The Morgan fingerprint density at radius 1 is 1.11 bits per heavy atom. The molecule has 0 spiro atoms. The summed E-state index contributed by atoms with van der Waals surface area (Å²) < 4.78 is 26.6. The number of aromatic amines is 1. The molecule has 96 valence electrons. The van der Waals surface area contributed by atoms with Gasteiger partial charge in [-0.05, 0) is 23.8 Å². The van der Waals surface area contributed by atoms with Crippen LogP contribution in [0.4, 0.5) is 14.5 Å². The Bertz CT molecular complexity index is 750. The molecule has 1 heterocycles. The van der Waals surface area contributed by atoms with Gasteiger partial charge in [-0.3, -0.25) is 0 Å². The van der Waals surface area contributed by atoms with Gasteiger partial charge < -0.3 is 10.7 Å². The maximum atomic E-state index is 13.5. The van der Waals surface area contributed by atoms with Crippen LogP contribution < -0.4 is 5.73 Å². The van der Waals surface area contributed by atoms with Crippen LogP contribution in [0.1, 0.15) is 11.4 Å². The lowest BCUT2D eigenvalue weighted by Gasteiger charge is -2.01. The second kappa shape index (κ2) is 4.35. The average molecular weight is 259 g/mol. The molecule has 0 amide bonds. The Labute approximate surface area is 108 Å². The van der Waals surface area contributed by atoms with Gasteiger partial charge in [0.2, 0.25) is 0 Å². The van der Waals surface area contributed by atoms with E-state index >= 15 is 0 Å². The van der Waals surface area contributed by atoms with E-state index in [-0.39, 0.29) is 5.52 Å². The molecule has 3 rings (SSSR count). The van der Waals surface area contributed by atoms with Gasteiger partial charge in [0, 0.05) is 12.1 Å². The fourth-order valence-corrected chi connectivity index (χ4v) is 2.03. The largest absolute Gasteiger partial charge is 0.398 e. The number of nitrogens with two attached hydrogens (primary N) is 1. The molecule has 0 aliphatic rings. The quantitative estimate of drug-likeness (QED) is 0.695. The summed E-state index contributed by atoms with van der Waals surface area (Å²) in [7, 11) is 0. The van der Waals surface area contributed by atoms with E-state index in [0.29, 0.717) is 23.4 Å². The lowest BCUT2D eigenvalue weighted by Crippen LogP contribution is -1.96. The molecule has 0 saturated carbocycles. The average Bonchev–Trinajstić information content (AvgIpc) is 2.80. The number of hydrogen-bond donors (Lipinski definition) is 2. The number of nitrogen functional groups attached to an aromatic ring is 1. The molecule has 3 N–H and O–H groups in total. The second-order valence-corrected chi connectivity index (χ2v) is 4.32. The van der Waals surface area contributed by atoms with Crippen molar-refractivity contribution < 1.29 is 8.78 Å². The van der Waals surface area contributed by atoms with Crippen molar-refractivity contribution in [2.45, 2.75) is 6.42 Å². The highest BCUT2D eigenvalue weighted by Crippen LogP contribution is 2.20. The zero-order valence-corrected chi connectivity index (χ0v) is 9.95. The van der Waals surface area contributed by atoms with E-state index in [2.05, 4.69) is 9.97 Å². The van der Waals surface area contributed by atoms with Gasteiger partial charge in [0.1, 0.15) is 11.3 Å². The second-order valence-electron chi connectivity index (χ2n) is 4.32. The minimum Gasteiger partial charge on any atom is -0.398 e. The van der Waals surface area contributed by atoms with Crippen LogP contribution >= 0.6 is 0 Å². The Kier molecular flexibility index (Phi) is 2.67. The zero-order valence-electron chi connectivity index (χ0n) is 9.95. The maximum Gasteiger partial charge on any atom is 0.186 e. The first-order valence-electron chi connectivity index (χ1n) is 5.81. The van der Waals surface area contributed by atoms with Gasteiger partial charge in [0.05, 0.1) is 5.52 Å². The first-order valence-corrected chi connectivity index (χ1v) is 5.81. The molecule has 2 aromatic carbocycles. The first kappa shape index (κ1) is 11.6. The number of imidazole rings is 1. The monoisotopic (exact) mass is 259 g/mol. The van der Waals surface area contributed by atoms with E-state index in [9.17, 15) is 8.78 Å². The molecule has 0 fully saturated rings. The number of rotatable bonds is 2. The number of anilines is 1. The number of hydrogen-bond acceptors (Lipinski definition) is 2. The Balaban J connectivity index is 2.03. The summed E-state index contributed by atoms with van der Waals surface area (Å²) in [4.78, 5) is 7.05. The predicted octanol–water partition coefficient (Wildman–Crippen LogP) is 3.01. The van der Waals surface area contributed by atoms with Crippen LogP contribution in [0.25, 0.3) is 11.0 Å². The SMILES string of the molecule is Nc1ccccc1Cc1nc2c(F)c(F)ccc2[nH]1. The maximum absolute atomic E-state index is 13.5. The van der Waals surface area contributed by atoms with Gasteiger partial charge in [0.15, 0.2) is 11.6 Å². The molecular weight excluding hydrogens is 248 g/mol. The van der Waals surface area contributed by atoms with Crippen molar-refractivity contribution in [1.29, 1.82) is 0 Å². The first-order chi connectivity index (χ1) is 9.15. The standard InChI is InChI=1S/C14H11F2N3/c15-9-5-6-11-14(13(9)16)19-12(18-11)7-8-3-1-2-4-10(8)17/h1-6H,7,17H2,(H,18,19). The molecular formula is C14H11F2N3. The van der Waals surface area contributed by atoms with Crippen molar-refractivity contribution in [3.63, 3.8) is 0 Å². The molecule has 3 aromatic rings. The molecule has 0 radical (unpaired) electrons. The highest BCUT2D eigenvalue weighted by Gasteiger charge is 2.12. The molecule has 1 aromatic heterocycles. The van der Waals surface area contributed by atoms with Crippen LogP contribution in [0.2, 0.25) is 0 Å². The van der Waals surface area contributed by atoms with Crippen molar-refractivity contribution >= 4 is 16.7 Å². The lowest BCUT2D eigenvalue weighted by molar-refractivity contribution is 0.515. The predicted molar refractivity (Wildman–Crippen MR) is 69.7 cm³/mol. The van der Waals surface area contributed by atoms with Gasteiger partial charge in [-0.25, -0.2) is 13.8 Å². The Morgan fingerprint density at radius 2 is 1.89 bits per heavy atom. The van der Waals surface area contributed by atoms with Crippen molar-refractivity contribution in [2.24, 2.45) is 0 Å². The van der Waals surface area contributed by atoms with E-state index in [1.807, 2.05) is 18.2 Å². The molecule has 0 bridgehead atoms. The van der Waals surface area contributed by atoms with E-state index in [1.54, 1.807) is 6.07 Å². The number of halogens is 2. The van der Waals surface area contributed by atoms with Crippen molar-refractivity contribution in [1.82, 2.24) is 9.97 Å². The number of nitrogens with zero attached hydrogens (tertiary/aromatic N) is 1. The molecule has 5 heteroatoms. The normalized spacial score (nSPS) is 11.1. The summed E-state index contributed by atoms with van der Waals surface area (Å²) >= 11 is 0. The molecule has 0 atom stereocenters. The number of para-hydroxylation sites is 1. The van der Waals surface area contributed by atoms with Crippen LogP contribution in [0, 0.1) is 11.6 Å². The Hall–Kier alpha value is -2.43. The highest BCUT2D eigenvalue weighted by molar-refractivity contribution is 5.76. The summed E-state index contributed by atoms with van der Waals surface area (Å²) in [6.45, 7) is 0. The van der Waals surface area contributed by atoms with Crippen molar-refractivity contribution in [3.05, 3.63) is 59.4 Å². The molecule has 0 saturated heterocycles. The third-order valence-electron chi connectivity index (χ3n) is 3.01. The summed E-state index contributed by atoms with van der Waals surface area (Å²) in [6, 6.07) is 9.92. The van der Waals surface area contributed by atoms with E-state index in [0.717, 1.165) is 11.6 Å². The van der Waals surface area contributed by atoms with Gasteiger partial charge in [-0.2, -0.15) is 0 Å². The third kappa shape index (κ3) is 2.03. The summed E-state index contributed by atoms with van der Waals surface area (Å²) in [5.41, 5.74) is 7.87. The van der Waals surface area contributed by atoms with E-state index in [1.165, 1.54) is 6.07 Å². The Morgan fingerprint density at radius 3 is 2.68 bits per heavy atom. The highest BCUT2D eigenvalue weighted by atomic mass is 19.2. The van der Waals surface area contributed by atoms with Crippen LogP contribution in [0.5, 0.6) is 0 Å². The van der Waals surface area contributed by atoms with Gasteiger partial charge in [-0.15, -0.1) is 0 Å². The van der Waals surface area contributed by atoms with Crippen molar-refractivity contribution in [3.8, 4) is 0 Å². The van der Waals surface area contributed by atoms with Gasteiger partial charge in [0.25, 0.3) is 0 Å². The third-order valence-corrected chi connectivity index (χ3v) is 3.01. The lowest BCUT2D eigenvalue weighted by atomic mass is 10.1.